The summed E-state index contributed by atoms with van der Waals surface area (Å²) in [6, 6.07) is 8.15. The van der Waals surface area contributed by atoms with Gasteiger partial charge in [-0.1, -0.05) is 0 Å². The van der Waals surface area contributed by atoms with E-state index in [1.807, 2.05) is 18.6 Å². The van der Waals surface area contributed by atoms with Gasteiger partial charge in [-0.25, -0.2) is 13.1 Å². The monoisotopic (exact) mass is 520 g/mol. The van der Waals surface area contributed by atoms with Crippen molar-refractivity contribution in [2.24, 2.45) is 0 Å². The molecule has 192 valence electrons. The standard InChI is InChI=1S/C21H24N6O8S/c1-14(2)26-19(7-8-23-26)25-20(28)13-35-21(29)12-24-36(32,33)16-5-6-17(18(10-16)27(30)31)22-11-15-4-3-9-34-15/h3-10,14,22,24H,11-13H2,1-2H3,(H,25,28). The smallest absolute Gasteiger partial charge is 0.321 e. The number of nitrogens with zero attached hydrogens (tertiary/aromatic N) is 3. The molecular weight excluding hydrogens is 496 g/mol. The number of nitro groups is 1. The summed E-state index contributed by atoms with van der Waals surface area (Å²) in [5, 5.41) is 20.9. The highest BCUT2D eigenvalue weighted by atomic mass is 32.2. The minimum Gasteiger partial charge on any atom is -0.467 e. The molecule has 0 saturated carbocycles. The number of benzene rings is 1. The summed E-state index contributed by atoms with van der Waals surface area (Å²) >= 11 is 0. The average molecular weight is 521 g/mol. The van der Waals surface area contributed by atoms with E-state index in [-0.39, 0.29) is 18.3 Å². The second-order valence-electron chi connectivity index (χ2n) is 7.66. The van der Waals surface area contributed by atoms with Crippen molar-refractivity contribution in [1.29, 1.82) is 0 Å². The topological polar surface area (TPSA) is 188 Å². The Morgan fingerprint density at radius 2 is 2.03 bits per heavy atom. The van der Waals surface area contributed by atoms with Crippen LogP contribution in [-0.4, -0.2) is 48.1 Å². The van der Waals surface area contributed by atoms with Crippen LogP contribution < -0.4 is 15.4 Å². The number of anilines is 2. The molecule has 0 radical (unpaired) electrons. The zero-order chi connectivity index (χ0) is 26.3. The van der Waals surface area contributed by atoms with Crippen molar-refractivity contribution in [3.05, 3.63) is 64.7 Å². The van der Waals surface area contributed by atoms with Crippen molar-refractivity contribution in [3.63, 3.8) is 0 Å². The Hall–Kier alpha value is -4.24. The maximum Gasteiger partial charge on any atom is 0.321 e. The third-order valence-corrected chi connectivity index (χ3v) is 6.11. The van der Waals surface area contributed by atoms with Crippen molar-refractivity contribution in [1.82, 2.24) is 14.5 Å². The number of ether oxygens (including phenoxy) is 1. The van der Waals surface area contributed by atoms with Crippen LogP contribution in [0.2, 0.25) is 0 Å². The van der Waals surface area contributed by atoms with Gasteiger partial charge in [0.25, 0.3) is 11.6 Å². The first-order valence-corrected chi connectivity index (χ1v) is 12.1. The molecule has 0 aliphatic rings. The lowest BCUT2D eigenvalue weighted by Crippen LogP contribution is -2.32. The maximum atomic E-state index is 12.6. The highest BCUT2D eigenvalue weighted by Gasteiger charge is 2.23. The van der Waals surface area contributed by atoms with Crippen LogP contribution in [0.1, 0.15) is 25.6 Å². The molecule has 3 rings (SSSR count). The molecule has 0 atom stereocenters. The number of esters is 1. The fraction of sp³-hybridized carbons (Fsp3) is 0.286. The number of carbonyl (C=O) groups excluding carboxylic acids is 2. The molecule has 3 N–H and O–H groups in total. The van der Waals surface area contributed by atoms with Gasteiger partial charge in [0.15, 0.2) is 6.61 Å². The lowest BCUT2D eigenvalue weighted by molar-refractivity contribution is -0.384. The molecule has 36 heavy (non-hydrogen) atoms. The molecule has 0 saturated heterocycles. The number of sulfonamides is 1. The lowest BCUT2D eigenvalue weighted by Gasteiger charge is -2.12. The molecule has 1 aromatic carbocycles. The van der Waals surface area contributed by atoms with Crippen molar-refractivity contribution >= 4 is 39.1 Å². The fourth-order valence-electron chi connectivity index (χ4n) is 3.01. The number of nitrogens with one attached hydrogen (secondary N) is 3. The van der Waals surface area contributed by atoms with Gasteiger partial charge in [0.2, 0.25) is 10.0 Å². The fourth-order valence-corrected chi connectivity index (χ4v) is 4.00. The van der Waals surface area contributed by atoms with Gasteiger partial charge in [-0.2, -0.15) is 9.82 Å². The Morgan fingerprint density at radius 3 is 2.69 bits per heavy atom. The second kappa shape index (κ2) is 11.5. The van der Waals surface area contributed by atoms with Gasteiger partial charge in [-0.3, -0.25) is 19.7 Å². The molecular formula is C21H24N6O8S. The Morgan fingerprint density at radius 1 is 1.25 bits per heavy atom. The van der Waals surface area contributed by atoms with E-state index >= 15 is 0 Å². The van der Waals surface area contributed by atoms with E-state index in [1.54, 1.807) is 22.9 Å². The van der Waals surface area contributed by atoms with Crippen LogP contribution in [0.15, 0.2) is 58.2 Å². The van der Waals surface area contributed by atoms with E-state index in [2.05, 4.69) is 15.7 Å². The summed E-state index contributed by atoms with van der Waals surface area (Å²) in [6.07, 6.45) is 2.95. The molecule has 0 bridgehead atoms. The van der Waals surface area contributed by atoms with Crippen molar-refractivity contribution in [2.45, 2.75) is 31.3 Å². The first-order valence-electron chi connectivity index (χ1n) is 10.6. The summed E-state index contributed by atoms with van der Waals surface area (Å²) in [6.45, 7) is 2.46. The van der Waals surface area contributed by atoms with Gasteiger partial charge < -0.3 is 19.8 Å². The van der Waals surface area contributed by atoms with E-state index < -0.39 is 50.6 Å². The van der Waals surface area contributed by atoms with E-state index in [1.165, 1.54) is 18.5 Å². The van der Waals surface area contributed by atoms with Crippen LogP contribution in [0, 0.1) is 10.1 Å². The molecule has 3 aromatic rings. The summed E-state index contributed by atoms with van der Waals surface area (Å²) in [5.74, 6) is -0.713. The first-order chi connectivity index (χ1) is 17.1. The van der Waals surface area contributed by atoms with E-state index in [4.69, 9.17) is 9.15 Å². The lowest BCUT2D eigenvalue weighted by atomic mass is 10.2. The predicted molar refractivity (Wildman–Crippen MR) is 127 cm³/mol. The van der Waals surface area contributed by atoms with Crippen molar-refractivity contribution in [2.75, 3.05) is 23.8 Å². The molecule has 0 unspecified atom stereocenters. The largest absolute Gasteiger partial charge is 0.467 e. The SMILES string of the molecule is CC(C)n1nccc1NC(=O)COC(=O)CNS(=O)(=O)c1ccc(NCc2ccco2)c([N+](=O)[O-])c1. The molecule has 0 aliphatic carbocycles. The molecule has 15 heteroatoms. The Balaban J connectivity index is 1.55. The van der Waals surface area contributed by atoms with E-state index in [9.17, 15) is 28.1 Å². The average Bonchev–Trinajstić information content (AvgIpc) is 3.52. The van der Waals surface area contributed by atoms with Crippen molar-refractivity contribution < 1.29 is 32.1 Å². The van der Waals surface area contributed by atoms with Crippen LogP contribution in [0.5, 0.6) is 0 Å². The number of nitro benzene ring substituents is 1. The van der Waals surface area contributed by atoms with Crippen LogP contribution in [0.25, 0.3) is 0 Å². The number of hydrogen-bond donors (Lipinski definition) is 3. The zero-order valence-electron chi connectivity index (χ0n) is 19.3. The molecule has 2 aromatic heterocycles. The van der Waals surface area contributed by atoms with Gasteiger partial charge in [0.1, 0.15) is 23.8 Å². The first kappa shape index (κ1) is 26.4. The Bertz CT molecular complexity index is 1330. The van der Waals surface area contributed by atoms with Crippen LogP contribution >= 0.6 is 0 Å². The Labute approximate surface area is 205 Å². The molecule has 1 amide bonds. The normalized spacial score (nSPS) is 11.3. The maximum absolute atomic E-state index is 12.6. The highest BCUT2D eigenvalue weighted by molar-refractivity contribution is 7.89. The number of hydrogen-bond acceptors (Lipinski definition) is 10. The molecule has 14 nitrogen and oxygen atoms in total. The predicted octanol–water partition coefficient (Wildman–Crippen LogP) is 2.04. The Kier molecular flexibility index (Phi) is 8.39. The minimum absolute atomic E-state index is 0.0102. The molecule has 0 fully saturated rings. The summed E-state index contributed by atoms with van der Waals surface area (Å²) < 4.78 is 38.6. The van der Waals surface area contributed by atoms with Crippen LogP contribution in [0.4, 0.5) is 17.2 Å². The van der Waals surface area contributed by atoms with Crippen molar-refractivity contribution in [3.8, 4) is 0 Å². The van der Waals surface area contributed by atoms with Crippen LogP contribution in [-0.2, 0) is 30.9 Å². The van der Waals surface area contributed by atoms with Gasteiger partial charge in [-0.05, 0) is 38.1 Å². The second-order valence-corrected chi connectivity index (χ2v) is 9.42. The number of rotatable bonds is 12. The third-order valence-electron chi connectivity index (χ3n) is 4.71. The zero-order valence-corrected chi connectivity index (χ0v) is 20.1. The molecule has 0 aliphatic heterocycles. The van der Waals surface area contributed by atoms with Gasteiger partial charge >= 0.3 is 5.97 Å². The highest BCUT2D eigenvalue weighted by Crippen LogP contribution is 2.28. The number of amides is 1. The minimum atomic E-state index is -4.29. The summed E-state index contributed by atoms with van der Waals surface area (Å²) in [5.41, 5.74) is -0.399. The van der Waals surface area contributed by atoms with E-state index in [0.717, 1.165) is 12.1 Å². The van der Waals surface area contributed by atoms with Gasteiger partial charge in [-0.15, -0.1) is 0 Å². The number of carbonyl (C=O) groups is 2. The van der Waals surface area contributed by atoms with E-state index in [0.29, 0.717) is 11.6 Å². The summed E-state index contributed by atoms with van der Waals surface area (Å²) in [7, 11) is -4.29. The quantitative estimate of drug-likeness (QED) is 0.181. The molecule has 0 spiro atoms. The van der Waals surface area contributed by atoms with Crippen LogP contribution in [0.3, 0.4) is 0 Å². The summed E-state index contributed by atoms with van der Waals surface area (Å²) in [4.78, 5) is 34.3. The molecule has 2 heterocycles. The van der Waals surface area contributed by atoms with Gasteiger partial charge in [0.05, 0.1) is 28.8 Å². The number of aromatic nitrogens is 2. The van der Waals surface area contributed by atoms with Gasteiger partial charge in [0, 0.05) is 18.2 Å². The third kappa shape index (κ3) is 6.89. The number of furan rings is 1.